The van der Waals surface area contributed by atoms with E-state index in [2.05, 4.69) is 16.0 Å². The van der Waals surface area contributed by atoms with Gasteiger partial charge in [0.1, 0.15) is 6.04 Å². The Hall–Kier alpha value is -3.68. The van der Waals surface area contributed by atoms with Crippen molar-refractivity contribution in [3.8, 4) is 0 Å². The number of fused-ring (bicyclic) bond motifs is 1. The predicted molar refractivity (Wildman–Crippen MR) is 102 cm³/mol. The van der Waals surface area contributed by atoms with Crippen molar-refractivity contribution in [3.63, 3.8) is 0 Å². The van der Waals surface area contributed by atoms with Crippen LogP contribution in [0.3, 0.4) is 0 Å². The molecule has 0 saturated heterocycles. The van der Waals surface area contributed by atoms with Crippen LogP contribution in [0.15, 0.2) is 48.5 Å². The highest BCUT2D eigenvalue weighted by Gasteiger charge is 2.29. The monoisotopic (exact) mass is 381 g/mol. The van der Waals surface area contributed by atoms with Gasteiger partial charge in [-0.3, -0.25) is 14.4 Å². The smallest absolute Gasteiger partial charge is 0.338 e. The van der Waals surface area contributed by atoms with Gasteiger partial charge in [0.2, 0.25) is 11.8 Å². The minimum atomic E-state index is -1.00. The van der Waals surface area contributed by atoms with E-state index in [0.717, 1.165) is 0 Å². The SMILES string of the molecule is CCOC(=O)c1ccc(NC(=O)CC2NC(=O)c3ccccc3NC2=O)cc1. The second-order valence-electron chi connectivity index (χ2n) is 6.11. The molecule has 1 atom stereocenters. The Kier molecular flexibility index (Phi) is 5.69. The van der Waals surface area contributed by atoms with E-state index in [4.69, 9.17) is 4.74 Å². The molecule has 1 heterocycles. The molecule has 3 N–H and O–H groups in total. The summed E-state index contributed by atoms with van der Waals surface area (Å²) in [6, 6.07) is 11.8. The van der Waals surface area contributed by atoms with Crippen molar-refractivity contribution in [1.82, 2.24) is 5.32 Å². The standard InChI is InChI=1S/C20H19N3O5/c1-2-28-20(27)12-7-9-13(10-8-12)21-17(24)11-16-19(26)22-15-6-4-3-5-14(15)18(25)23-16/h3-10,16H,2,11H2,1H3,(H,21,24)(H,22,26)(H,23,25). The van der Waals surface area contributed by atoms with Gasteiger partial charge in [-0.1, -0.05) is 12.1 Å². The zero-order valence-corrected chi connectivity index (χ0v) is 15.2. The van der Waals surface area contributed by atoms with Gasteiger partial charge in [0.15, 0.2) is 0 Å². The van der Waals surface area contributed by atoms with Crippen LogP contribution in [0, 0.1) is 0 Å². The highest BCUT2D eigenvalue weighted by molar-refractivity contribution is 6.11. The van der Waals surface area contributed by atoms with Gasteiger partial charge in [0.25, 0.3) is 5.91 Å². The number of amides is 3. The third kappa shape index (κ3) is 4.35. The number of esters is 1. The Morgan fingerprint density at radius 2 is 1.79 bits per heavy atom. The number of benzene rings is 2. The van der Waals surface area contributed by atoms with Crippen molar-refractivity contribution < 1.29 is 23.9 Å². The van der Waals surface area contributed by atoms with Crippen molar-refractivity contribution in [2.24, 2.45) is 0 Å². The van der Waals surface area contributed by atoms with Crippen molar-refractivity contribution in [2.45, 2.75) is 19.4 Å². The summed E-state index contributed by atoms with van der Waals surface area (Å²) in [5, 5.41) is 7.86. The van der Waals surface area contributed by atoms with E-state index < -0.39 is 29.7 Å². The molecule has 0 radical (unpaired) electrons. The maximum atomic E-state index is 12.3. The first-order valence-corrected chi connectivity index (χ1v) is 8.75. The van der Waals surface area contributed by atoms with Gasteiger partial charge in [-0.2, -0.15) is 0 Å². The van der Waals surface area contributed by atoms with E-state index in [0.29, 0.717) is 22.5 Å². The number of carbonyl (C=O) groups is 4. The topological polar surface area (TPSA) is 114 Å². The van der Waals surface area contributed by atoms with Crippen LogP contribution in [0.5, 0.6) is 0 Å². The number of hydrogen-bond donors (Lipinski definition) is 3. The van der Waals surface area contributed by atoms with Gasteiger partial charge < -0.3 is 20.7 Å². The Morgan fingerprint density at radius 3 is 2.50 bits per heavy atom. The molecule has 1 unspecified atom stereocenters. The third-order valence-electron chi connectivity index (χ3n) is 4.12. The van der Waals surface area contributed by atoms with E-state index in [9.17, 15) is 19.2 Å². The number of rotatable bonds is 5. The average molecular weight is 381 g/mol. The lowest BCUT2D eigenvalue weighted by Gasteiger charge is -2.14. The van der Waals surface area contributed by atoms with E-state index in [1.165, 1.54) is 12.1 Å². The van der Waals surface area contributed by atoms with Gasteiger partial charge in [0, 0.05) is 5.69 Å². The molecule has 0 bridgehead atoms. The van der Waals surface area contributed by atoms with Crippen molar-refractivity contribution >= 4 is 35.1 Å². The summed E-state index contributed by atoms with van der Waals surface area (Å²) < 4.78 is 4.90. The zero-order chi connectivity index (χ0) is 20.1. The first kappa shape index (κ1) is 19.1. The van der Waals surface area contributed by atoms with Gasteiger partial charge in [-0.05, 0) is 43.3 Å². The third-order valence-corrected chi connectivity index (χ3v) is 4.12. The number of ether oxygens (including phenoxy) is 1. The van der Waals surface area contributed by atoms with Gasteiger partial charge >= 0.3 is 5.97 Å². The van der Waals surface area contributed by atoms with Crippen LogP contribution >= 0.6 is 0 Å². The van der Waals surface area contributed by atoms with Crippen LogP contribution in [-0.2, 0) is 14.3 Å². The summed E-state index contributed by atoms with van der Waals surface area (Å²) in [4.78, 5) is 48.6. The fourth-order valence-corrected chi connectivity index (χ4v) is 2.76. The summed E-state index contributed by atoms with van der Waals surface area (Å²) in [6.45, 7) is 1.99. The van der Waals surface area contributed by atoms with Crippen LogP contribution in [0.1, 0.15) is 34.1 Å². The van der Waals surface area contributed by atoms with Crippen molar-refractivity contribution in [1.29, 1.82) is 0 Å². The fourth-order valence-electron chi connectivity index (χ4n) is 2.76. The maximum Gasteiger partial charge on any atom is 0.338 e. The number of anilines is 2. The highest BCUT2D eigenvalue weighted by atomic mass is 16.5. The van der Waals surface area contributed by atoms with Crippen LogP contribution in [0.2, 0.25) is 0 Å². The van der Waals surface area contributed by atoms with E-state index in [1.807, 2.05) is 0 Å². The Balaban J connectivity index is 1.62. The molecule has 3 amide bonds. The molecular weight excluding hydrogens is 362 g/mol. The van der Waals surface area contributed by atoms with Crippen LogP contribution in [0.25, 0.3) is 0 Å². The summed E-state index contributed by atoms with van der Waals surface area (Å²) >= 11 is 0. The number of nitrogens with one attached hydrogen (secondary N) is 3. The number of hydrogen-bond acceptors (Lipinski definition) is 5. The van der Waals surface area contributed by atoms with Crippen LogP contribution < -0.4 is 16.0 Å². The molecule has 8 heteroatoms. The second-order valence-corrected chi connectivity index (χ2v) is 6.11. The predicted octanol–water partition coefficient (Wildman–Crippen LogP) is 1.94. The number of carbonyl (C=O) groups excluding carboxylic acids is 4. The maximum absolute atomic E-state index is 12.3. The molecule has 3 rings (SSSR count). The van der Waals surface area contributed by atoms with E-state index in [-0.39, 0.29) is 13.0 Å². The molecule has 0 spiro atoms. The second kappa shape index (κ2) is 8.34. The van der Waals surface area contributed by atoms with Crippen LogP contribution in [0.4, 0.5) is 11.4 Å². The molecule has 2 aromatic rings. The quantitative estimate of drug-likeness (QED) is 0.685. The molecular formula is C20H19N3O5. The van der Waals surface area contributed by atoms with Gasteiger partial charge in [-0.15, -0.1) is 0 Å². The van der Waals surface area contributed by atoms with E-state index in [1.54, 1.807) is 43.3 Å². The van der Waals surface area contributed by atoms with Crippen LogP contribution in [-0.4, -0.2) is 36.3 Å². The first-order valence-electron chi connectivity index (χ1n) is 8.75. The van der Waals surface area contributed by atoms with Crippen molar-refractivity contribution in [3.05, 3.63) is 59.7 Å². The fraction of sp³-hybridized carbons (Fsp3) is 0.200. The molecule has 0 fully saturated rings. The lowest BCUT2D eigenvalue weighted by molar-refractivity contribution is -0.122. The van der Waals surface area contributed by atoms with Crippen molar-refractivity contribution in [2.75, 3.05) is 17.2 Å². The lowest BCUT2D eigenvalue weighted by atomic mass is 10.1. The summed E-state index contributed by atoms with van der Waals surface area (Å²) in [6.07, 6.45) is -0.231. The van der Waals surface area contributed by atoms with Gasteiger partial charge in [0.05, 0.1) is 29.8 Å². The zero-order valence-electron chi connectivity index (χ0n) is 15.2. The minimum Gasteiger partial charge on any atom is -0.462 e. The minimum absolute atomic E-state index is 0.231. The molecule has 0 saturated carbocycles. The molecule has 1 aliphatic rings. The Labute approximate surface area is 161 Å². The molecule has 0 aromatic heterocycles. The largest absolute Gasteiger partial charge is 0.462 e. The summed E-state index contributed by atoms with van der Waals surface area (Å²) in [5.41, 5.74) is 1.57. The summed E-state index contributed by atoms with van der Waals surface area (Å²) in [5.74, 6) is -1.79. The molecule has 28 heavy (non-hydrogen) atoms. The highest BCUT2D eigenvalue weighted by Crippen LogP contribution is 2.19. The lowest BCUT2D eigenvalue weighted by Crippen LogP contribution is -2.43. The molecule has 0 aliphatic carbocycles. The summed E-state index contributed by atoms with van der Waals surface area (Å²) in [7, 11) is 0. The molecule has 8 nitrogen and oxygen atoms in total. The molecule has 144 valence electrons. The number of para-hydroxylation sites is 1. The van der Waals surface area contributed by atoms with E-state index >= 15 is 0 Å². The normalized spacial score (nSPS) is 15.5. The molecule has 1 aliphatic heterocycles. The Bertz CT molecular complexity index is 924. The van der Waals surface area contributed by atoms with Gasteiger partial charge in [-0.25, -0.2) is 4.79 Å². The Morgan fingerprint density at radius 1 is 1.07 bits per heavy atom. The average Bonchev–Trinajstić information content (AvgIpc) is 2.79. The first-order chi connectivity index (χ1) is 13.5. The molecule has 2 aromatic carbocycles.